The Balaban J connectivity index is 1.47. The Labute approximate surface area is 227 Å². The van der Waals surface area contributed by atoms with Crippen LogP contribution in [0.15, 0.2) is 76.6 Å². The largest absolute Gasteiger partial charge is 0.436 e. The zero-order valence-corrected chi connectivity index (χ0v) is 23.1. The van der Waals surface area contributed by atoms with Gasteiger partial charge in [-0.05, 0) is 86.3 Å². The molecule has 2 amide bonds. The number of aryl methyl sites for hydroxylation is 2. The van der Waals surface area contributed by atoms with Crippen LogP contribution in [0.4, 0.5) is 5.69 Å². The highest BCUT2D eigenvalue weighted by molar-refractivity contribution is 7.89. The molecule has 0 bridgehead atoms. The highest BCUT2D eigenvalue weighted by Gasteiger charge is 2.47. The van der Waals surface area contributed by atoms with Gasteiger partial charge in [-0.15, -0.1) is 6.58 Å². The van der Waals surface area contributed by atoms with Gasteiger partial charge in [0.2, 0.25) is 21.8 Å². The molecule has 1 aromatic heterocycles. The third kappa shape index (κ3) is 4.47. The lowest BCUT2D eigenvalue weighted by Gasteiger charge is -2.28. The van der Waals surface area contributed by atoms with Gasteiger partial charge in [-0.25, -0.2) is 18.3 Å². The maximum absolute atomic E-state index is 14.0. The van der Waals surface area contributed by atoms with Crippen LogP contribution in [0.25, 0.3) is 22.6 Å². The first-order valence-corrected chi connectivity index (χ1v) is 14.0. The van der Waals surface area contributed by atoms with Crippen molar-refractivity contribution >= 4 is 38.6 Å². The summed E-state index contributed by atoms with van der Waals surface area (Å²) in [6.07, 6.45) is 1.17. The number of carbonyl (C=O) groups excluding carboxylic acids is 2. The van der Waals surface area contributed by atoms with Crippen molar-refractivity contribution in [3.05, 3.63) is 89.5 Å². The molecule has 4 aromatic rings. The third-order valence-corrected chi connectivity index (χ3v) is 9.46. The van der Waals surface area contributed by atoms with E-state index in [1.807, 2.05) is 44.2 Å². The molecule has 0 N–H and O–H groups in total. The third-order valence-electron chi connectivity index (χ3n) is 7.31. The smallest absolute Gasteiger partial charge is 0.252 e. The lowest BCUT2D eigenvalue weighted by molar-refractivity contribution is -0.122. The van der Waals surface area contributed by atoms with Crippen LogP contribution in [0.1, 0.15) is 28.7 Å². The minimum absolute atomic E-state index is 0.109. The molecule has 1 aliphatic heterocycles. The number of aromatic nitrogens is 1. The molecule has 2 heterocycles. The van der Waals surface area contributed by atoms with Crippen LogP contribution in [0.3, 0.4) is 0 Å². The van der Waals surface area contributed by atoms with E-state index in [0.717, 1.165) is 25.8 Å². The van der Waals surface area contributed by atoms with Crippen molar-refractivity contribution in [2.75, 3.05) is 11.4 Å². The molecule has 1 saturated heterocycles. The van der Waals surface area contributed by atoms with Crippen molar-refractivity contribution in [2.24, 2.45) is 0 Å². The number of para-hydroxylation sites is 2. The number of sulfonamides is 1. The van der Waals surface area contributed by atoms with Crippen molar-refractivity contribution in [1.29, 1.82) is 0 Å². The van der Waals surface area contributed by atoms with E-state index in [0.29, 0.717) is 33.9 Å². The van der Waals surface area contributed by atoms with E-state index in [1.54, 1.807) is 38.1 Å². The van der Waals surface area contributed by atoms with Crippen LogP contribution < -0.4 is 4.90 Å². The lowest BCUT2D eigenvalue weighted by Crippen LogP contribution is -2.45. The van der Waals surface area contributed by atoms with Crippen LogP contribution in [-0.4, -0.2) is 42.1 Å². The fraction of sp³-hybridized carbons (Fsp3) is 0.233. The maximum atomic E-state index is 14.0. The number of hydrogen-bond donors (Lipinski definition) is 0. The van der Waals surface area contributed by atoms with Crippen molar-refractivity contribution < 1.29 is 22.4 Å². The second-order valence-electron chi connectivity index (χ2n) is 9.77. The summed E-state index contributed by atoms with van der Waals surface area (Å²) >= 11 is 0. The van der Waals surface area contributed by atoms with Gasteiger partial charge in [-0.2, -0.15) is 4.31 Å². The van der Waals surface area contributed by atoms with E-state index >= 15 is 0 Å². The van der Waals surface area contributed by atoms with Crippen LogP contribution >= 0.6 is 0 Å². The van der Waals surface area contributed by atoms with Gasteiger partial charge in [0.1, 0.15) is 11.6 Å². The second kappa shape index (κ2) is 9.91. The van der Waals surface area contributed by atoms with E-state index in [2.05, 4.69) is 11.6 Å². The predicted molar refractivity (Wildman–Crippen MR) is 150 cm³/mol. The van der Waals surface area contributed by atoms with Crippen molar-refractivity contribution in [3.8, 4) is 11.5 Å². The Morgan fingerprint density at radius 3 is 2.28 bits per heavy atom. The molecule has 1 fully saturated rings. The molecule has 39 heavy (non-hydrogen) atoms. The summed E-state index contributed by atoms with van der Waals surface area (Å²) in [5, 5.41) is 0. The monoisotopic (exact) mass is 543 g/mol. The van der Waals surface area contributed by atoms with Gasteiger partial charge in [-0.3, -0.25) is 9.59 Å². The zero-order valence-electron chi connectivity index (χ0n) is 22.3. The van der Waals surface area contributed by atoms with Crippen molar-refractivity contribution in [3.63, 3.8) is 0 Å². The zero-order chi connectivity index (χ0) is 28.1. The van der Waals surface area contributed by atoms with E-state index in [1.165, 1.54) is 6.08 Å². The number of nitrogens with zero attached hydrogens (tertiary/aromatic N) is 3. The van der Waals surface area contributed by atoms with E-state index in [4.69, 9.17) is 4.42 Å². The molecule has 9 heteroatoms. The molecule has 1 aliphatic rings. The molecule has 0 spiro atoms. The molecule has 0 saturated carbocycles. The Bertz CT molecular complexity index is 1680. The highest BCUT2D eigenvalue weighted by Crippen LogP contribution is 2.34. The molecule has 1 atom stereocenters. The molecular formula is C30H29N3O5S. The Hall–Kier alpha value is -4.08. The molecule has 0 radical (unpaired) electrons. The van der Waals surface area contributed by atoms with Gasteiger partial charge >= 0.3 is 0 Å². The van der Waals surface area contributed by atoms with Gasteiger partial charge in [0.25, 0.3) is 5.91 Å². The normalized spacial score (nSPS) is 16.0. The first-order valence-electron chi connectivity index (χ1n) is 12.6. The Kier molecular flexibility index (Phi) is 6.74. The lowest BCUT2D eigenvalue weighted by atomic mass is 10.0. The Morgan fingerprint density at radius 2 is 1.67 bits per heavy atom. The minimum atomic E-state index is -4.13. The SMILES string of the molecule is C=CCN(C1CC(=O)N(c2ccc(-c3nc4ccccc4o3)cc2)C1=O)S(=O)(=O)c1c(C)c(C)cc(C)c1C. The summed E-state index contributed by atoms with van der Waals surface area (Å²) in [5.41, 5.74) is 5.33. The van der Waals surface area contributed by atoms with Crippen LogP contribution in [0.2, 0.25) is 0 Å². The summed E-state index contributed by atoms with van der Waals surface area (Å²) in [6, 6.07) is 14.9. The van der Waals surface area contributed by atoms with Crippen LogP contribution in [-0.2, 0) is 19.6 Å². The first kappa shape index (κ1) is 26.5. The summed E-state index contributed by atoms with van der Waals surface area (Å²) in [4.78, 5) is 32.4. The minimum Gasteiger partial charge on any atom is -0.436 e. The topological polar surface area (TPSA) is 101 Å². The van der Waals surface area contributed by atoms with Gasteiger partial charge in [0, 0.05) is 12.1 Å². The second-order valence-corrected chi connectivity index (χ2v) is 11.6. The van der Waals surface area contributed by atoms with Crippen LogP contribution in [0, 0.1) is 27.7 Å². The van der Waals surface area contributed by atoms with Gasteiger partial charge < -0.3 is 4.42 Å². The number of carbonyl (C=O) groups is 2. The van der Waals surface area contributed by atoms with Gasteiger partial charge in [0.05, 0.1) is 17.0 Å². The maximum Gasteiger partial charge on any atom is 0.252 e. The number of imide groups is 1. The average Bonchev–Trinajstić information content (AvgIpc) is 3.46. The number of amides is 2. The summed E-state index contributed by atoms with van der Waals surface area (Å²) in [7, 11) is -4.13. The fourth-order valence-electron chi connectivity index (χ4n) is 5.07. The quantitative estimate of drug-likeness (QED) is 0.234. The van der Waals surface area contributed by atoms with Gasteiger partial charge in [0.15, 0.2) is 5.58 Å². The summed E-state index contributed by atoms with van der Waals surface area (Å²) in [5.74, 6) is -0.653. The van der Waals surface area contributed by atoms with E-state index < -0.39 is 27.9 Å². The van der Waals surface area contributed by atoms with E-state index in [9.17, 15) is 18.0 Å². The number of benzene rings is 3. The van der Waals surface area contributed by atoms with Crippen molar-refractivity contribution in [1.82, 2.24) is 9.29 Å². The van der Waals surface area contributed by atoms with Crippen molar-refractivity contribution in [2.45, 2.75) is 45.1 Å². The standard InChI is InChI=1S/C30H29N3O5S/c1-6-15-32(39(36,37)28-20(4)18(2)16-19(3)21(28)5)25-17-27(34)33(30(25)35)23-13-11-22(12-14-23)29-31-24-9-7-8-10-26(24)38-29/h6-14,16,25H,1,15,17H2,2-5H3. The summed E-state index contributed by atoms with van der Waals surface area (Å²) < 4.78 is 34.9. The highest BCUT2D eigenvalue weighted by atomic mass is 32.2. The summed E-state index contributed by atoms with van der Waals surface area (Å²) in [6.45, 7) is 10.8. The molecular weight excluding hydrogens is 514 g/mol. The fourth-order valence-corrected chi connectivity index (χ4v) is 7.20. The average molecular weight is 544 g/mol. The van der Waals surface area contributed by atoms with Crippen LogP contribution in [0.5, 0.6) is 0 Å². The Morgan fingerprint density at radius 1 is 1.03 bits per heavy atom. The number of rotatable bonds is 7. The number of fused-ring (bicyclic) bond motifs is 1. The number of anilines is 1. The number of oxazole rings is 1. The predicted octanol–water partition coefficient (Wildman–Crippen LogP) is 5.24. The number of hydrogen-bond acceptors (Lipinski definition) is 6. The molecule has 0 aliphatic carbocycles. The molecule has 8 nitrogen and oxygen atoms in total. The van der Waals surface area contributed by atoms with Gasteiger partial charge in [-0.1, -0.05) is 24.3 Å². The first-order chi connectivity index (χ1) is 18.5. The molecule has 200 valence electrons. The van der Waals surface area contributed by atoms with E-state index in [-0.39, 0.29) is 17.9 Å². The molecule has 3 aromatic carbocycles. The molecule has 5 rings (SSSR count). The molecule has 1 unspecified atom stereocenters.